The van der Waals surface area contributed by atoms with Gasteiger partial charge in [0, 0.05) is 12.5 Å². The summed E-state index contributed by atoms with van der Waals surface area (Å²) in [5.74, 6) is -0.154. The minimum absolute atomic E-state index is 0.154. The molecule has 0 saturated carbocycles. The maximum Gasteiger partial charge on any atom is 0.417 e. The Kier molecular flexibility index (Phi) is 7.55. The fourth-order valence-electron chi connectivity index (χ4n) is 2.32. The molecule has 6 heteroatoms. The molecular formula is C16H27NO5. The van der Waals surface area contributed by atoms with E-state index in [1.165, 1.54) is 12.0 Å². The third-order valence-electron chi connectivity index (χ3n) is 3.26. The van der Waals surface area contributed by atoms with Crippen LogP contribution in [0.5, 0.6) is 0 Å². The molecule has 0 bridgehead atoms. The maximum atomic E-state index is 12.3. The lowest BCUT2D eigenvalue weighted by atomic mass is 10.1. The first kappa shape index (κ1) is 18.6. The molecule has 1 atom stereocenters. The van der Waals surface area contributed by atoms with Crippen molar-refractivity contribution in [1.29, 1.82) is 0 Å². The topological polar surface area (TPSA) is 65.1 Å². The van der Waals surface area contributed by atoms with E-state index in [4.69, 9.17) is 9.62 Å². The number of carbonyl (C=O) groups is 2. The Morgan fingerprint density at radius 1 is 1.32 bits per heavy atom. The van der Waals surface area contributed by atoms with Gasteiger partial charge in [0.2, 0.25) is 5.91 Å². The molecule has 0 N–H and O–H groups in total. The Balaban J connectivity index is 2.73. The van der Waals surface area contributed by atoms with Gasteiger partial charge in [-0.2, -0.15) is 0 Å². The number of hydrogen-bond donors (Lipinski definition) is 0. The summed E-state index contributed by atoms with van der Waals surface area (Å²) in [6.07, 6.45) is 6.69. The van der Waals surface area contributed by atoms with Crippen molar-refractivity contribution in [3.63, 3.8) is 0 Å². The molecule has 6 nitrogen and oxygen atoms in total. The number of ether oxygens (including phenoxy) is 1. The first-order chi connectivity index (χ1) is 10.3. The van der Waals surface area contributed by atoms with Crippen molar-refractivity contribution in [3.05, 3.63) is 12.2 Å². The second-order valence-electron chi connectivity index (χ2n) is 6.30. The van der Waals surface area contributed by atoms with Crippen LogP contribution in [-0.2, 0) is 19.3 Å². The lowest BCUT2D eigenvalue weighted by molar-refractivity contribution is -0.263. The van der Waals surface area contributed by atoms with E-state index in [0.29, 0.717) is 19.4 Å². The molecule has 0 aliphatic carbocycles. The summed E-state index contributed by atoms with van der Waals surface area (Å²) < 4.78 is 5.38. The van der Waals surface area contributed by atoms with Gasteiger partial charge in [-0.15, -0.1) is 0 Å². The van der Waals surface area contributed by atoms with Gasteiger partial charge >= 0.3 is 6.09 Å². The molecule has 1 saturated heterocycles. The predicted octanol–water partition coefficient (Wildman–Crippen LogP) is 3.22. The van der Waals surface area contributed by atoms with E-state index in [-0.39, 0.29) is 11.9 Å². The van der Waals surface area contributed by atoms with Gasteiger partial charge in [0.25, 0.3) is 0 Å². The van der Waals surface area contributed by atoms with Crippen molar-refractivity contribution >= 4 is 12.0 Å². The normalized spacial score (nSPS) is 20.3. The first-order valence-electron chi connectivity index (χ1n) is 7.71. The molecule has 126 valence electrons. The number of imide groups is 1. The van der Waals surface area contributed by atoms with Gasteiger partial charge in [-0.05, 0) is 40.0 Å². The molecule has 1 fully saturated rings. The number of carbonyl (C=O) groups excluding carboxylic acids is 2. The molecule has 1 heterocycles. The largest absolute Gasteiger partial charge is 0.443 e. The average Bonchev–Trinajstić information content (AvgIpc) is 2.58. The molecule has 1 rings (SSSR count). The smallest absolute Gasteiger partial charge is 0.417 e. The molecule has 22 heavy (non-hydrogen) atoms. The fourth-order valence-corrected chi connectivity index (χ4v) is 2.32. The number of rotatable bonds is 5. The second-order valence-corrected chi connectivity index (χ2v) is 6.30. The van der Waals surface area contributed by atoms with Crippen molar-refractivity contribution in [2.45, 2.75) is 64.5 Å². The van der Waals surface area contributed by atoms with Crippen molar-refractivity contribution in [3.8, 4) is 0 Å². The zero-order valence-corrected chi connectivity index (χ0v) is 14.0. The average molecular weight is 313 g/mol. The highest BCUT2D eigenvalue weighted by atomic mass is 17.2. The molecule has 1 unspecified atom stereocenters. The van der Waals surface area contributed by atoms with Crippen LogP contribution in [0, 0.1) is 0 Å². The fraction of sp³-hybridized carbons (Fsp3) is 0.750. The summed E-state index contributed by atoms with van der Waals surface area (Å²) in [5, 5.41) is 0. The van der Waals surface area contributed by atoms with Crippen molar-refractivity contribution < 1.29 is 24.1 Å². The van der Waals surface area contributed by atoms with E-state index >= 15 is 0 Å². The Morgan fingerprint density at radius 2 is 2.05 bits per heavy atom. The summed E-state index contributed by atoms with van der Waals surface area (Å²) in [7, 11) is 1.45. The lowest BCUT2D eigenvalue weighted by Crippen LogP contribution is -2.46. The van der Waals surface area contributed by atoms with Crippen LogP contribution in [0.2, 0.25) is 0 Å². The molecule has 0 aromatic heterocycles. The summed E-state index contributed by atoms with van der Waals surface area (Å²) in [4.78, 5) is 35.1. The molecule has 0 radical (unpaired) electrons. The summed E-state index contributed by atoms with van der Waals surface area (Å²) >= 11 is 0. The second kappa shape index (κ2) is 8.90. The summed E-state index contributed by atoms with van der Waals surface area (Å²) in [6.45, 7) is 5.72. The highest BCUT2D eigenvalue weighted by molar-refractivity contribution is 5.92. The van der Waals surface area contributed by atoms with Crippen LogP contribution in [0.4, 0.5) is 4.79 Å². The summed E-state index contributed by atoms with van der Waals surface area (Å²) in [6, 6.07) is -0.163. The zero-order chi connectivity index (χ0) is 16.6. The van der Waals surface area contributed by atoms with Gasteiger partial charge in [-0.25, -0.2) is 19.5 Å². The third kappa shape index (κ3) is 6.58. The van der Waals surface area contributed by atoms with E-state index < -0.39 is 11.7 Å². The van der Waals surface area contributed by atoms with Gasteiger partial charge < -0.3 is 4.74 Å². The molecule has 1 aliphatic heterocycles. The van der Waals surface area contributed by atoms with E-state index in [1.807, 2.05) is 12.2 Å². The van der Waals surface area contributed by atoms with Gasteiger partial charge in [0.1, 0.15) is 12.2 Å². The van der Waals surface area contributed by atoms with Crippen molar-refractivity contribution in [2.24, 2.45) is 0 Å². The van der Waals surface area contributed by atoms with Gasteiger partial charge in [-0.1, -0.05) is 18.6 Å². The lowest BCUT2D eigenvalue weighted by Gasteiger charge is -2.30. The van der Waals surface area contributed by atoms with E-state index in [2.05, 4.69) is 4.89 Å². The third-order valence-corrected chi connectivity index (χ3v) is 3.26. The molecule has 2 amide bonds. The Bertz CT molecular complexity index is 400. The van der Waals surface area contributed by atoms with Crippen LogP contribution in [-0.4, -0.2) is 42.3 Å². The minimum atomic E-state index is -0.615. The molecular weight excluding hydrogens is 286 g/mol. The highest BCUT2D eigenvalue weighted by Gasteiger charge is 2.33. The Morgan fingerprint density at radius 3 is 2.68 bits per heavy atom. The standard InChI is InChI=1S/C16H27NO5/c1-16(2,3)22-15(19)17-13(9-5-6-11-14(17)18)10-7-8-12-21-20-4/h7-8,13H,5-6,9-12H2,1-4H3. The number of likely N-dealkylation sites (tertiary alicyclic amines) is 1. The van der Waals surface area contributed by atoms with Crippen molar-refractivity contribution in [1.82, 2.24) is 4.90 Å². The summed E-state index contributed by atoms with van der Waals surface area (Å²) in [5.41, 5.74) is -0.615. The maximum absolute atomic E-state index is 12.3. The monoisotopic (exact) mass is 313 g/mol. The number of amides is 2. The molecule has 0 aromatic rings. The van der Waals surface area contributed by atoms with E-state index in [1.54, 1.807) is 20.8 Å². The number of nitrogens with zero attached hydrogens (tertiary/aromatic N) is 1. The van der Waals surface area contributed by atoms with E-state index in [0.717, 1.165) is 19.3 Å². The van der Waals surface area contributed by atoms with Crippen LogP contribution in [0.15, 0.2) is 12.2 Å². The van der Waals surface area contributed by atoms with Crippen LogP contribution < -0.4 is 0 Å². The minimum Gasteiger partial charge on any atom is -0.443 e. The van der Waals surface area contributed by atoms with Gasteiger partial charge in [0.15, 0.2) is 0 Å². The van der Waals surface area contributed by atoms with Gasteiger partial charge in [0.05, 0.1) is 7.11 Å². The first-order valence-corrected chi connectivity index (χ1v) is 7.71. The van der Waals surface area contributed by atoms with Crippen LogP contribution in [0.1, 0.15) is 52.9 Å². The highest BCUT2D eigenvalue weighted by Crippen LogP contribution is 2.23. The molecule has 0 aromatic carbocycles. The van der Waals surface area contributed by atoms with E-state index in [9.17, 15) is 9.59 Å². The van der Waals surface area contributed by atoms with Crippen LogP contribution in [0.25, 0.3) is 0 Å². The molecule has 0 spiro atoms. The number of hydrogen-bond acceptors (Lipinski definition) is 5. The zero-order valence-electron chi connectivity index (χ0n) is 14.0. The quantitative estimate of drug-likeness (QED) is 0.337. The van der Waals surface area contributed by atoms with Gasteiger partial charge in [-0.3, -0.25) is 4.79 Å². The van der Waals surface area contributed by atoms with Crippen molar-refractivity contribution in [2.75, 3.05) is 13.7 Å². The predicted molar refractivity (Wildman–Crippen MR) is 82.1 cm³/mol. The van der Waals surface area contributed by atoms with Crippen LogP contribution >= 0.6 is 0 Å². The Hall–Kier alpha value is -1.40. The van der Waals surface area contributed by atoms with Crippen LogP contribution in [0.3, 0.4) is 0 Å². The SMILES string of the molecule is COOCC=CCC1CCCCC(=O)N1C(=O)OC(C)(C)C. The Labute approximate surface area is 132 Å². The molecule has 1 aliphatic rings.